The molecule has 2 unspecified atom stereocenters. The maximum absolute atomic E-state index is 10.0. The van der Waals surface area contributed by atoms with Crippen LogP contribution < -0.4 is 0 Å². The zero-order chi connectivity index (χ0) is 11.5. The lowest BCUT2D eigenvalue weighted by Crippen LogP contribution is -2.33. The molecule has 88 valence electrons. The van der Waals surface area contributed by atoms with E-state index in [2.05, 4.69) is 4.98 Å². The van der Waals surface area contributed by atoms with Crippen molar-refractivity contribution in [2.75, 3.05) is 19.8 Å². The fraction of sp³-hybridized carbons (Fsp3) is 0.500. The minimum Gasteiger partial charge on any atom is -0.386 e. The first-order chi connectivity index (χ1) is 7.66. The van der Waals surface area contributed by atoms with Gasteiger partial charge in [0.15, 0.2) is 0 Å². The molecule has 1 aliphatic heterocycles. The van der Waals surface area contributed by atoms with E-state index in [0.29, 0.717) is 25.4 Å². The summed E-state index contributed by atoms with van der Waals surface area (Å²) in [4.78, 5) is 3.81. The first-order valence-corrected chi connectivity index (χ1v) is 5.63. The summed E-state index contributed by atoms with van der Waals surface area (Å²) in [5.41, 5.74) is 0.584. The molecule has 0 aromatic carbocycles. The third kappa shape index (κ3) is 2.84. The van der Waals surface area contributed by atoms with E-state index in [-0.39, 0.29) is 16.4 Å². The predicted molar refractivity (Wildman–Crippen MR) is 59.8 cm³/mol. The van der Waals surface area contributed by atoms with E-state index in [4.69, 9.17) is 32.7 Å². The lowest BCUT2D eigenvalue weighted by atomic mass is 10.1. The normalized spacial score (nSPS) is 23.1. The van der Waals surface area contributed by atoms with Crippen LogP contribution in [0.3, 0.4) is 0 Å². The Morgan fingerprint density at radius 1 is 1.31 bits per heavy atom. The van der Waals surface area contributed by atoms with Gasteiger partial charge in [0.2, 0.25) is 0 Å². The summed E-state index contributed by atoms with van der Waals surface area (Å²) in [5, 5.41) is 10.5. The van der Waals surface area contributed by atoms with Crippen molar-refractivity contribution in [2.45, 2.75) is 12.2 Å². The molecule has 0 saturated carbocycles. The first-order valence-electron chi connectivity index (χ1n) is 4.87. The molecule has 1 aliphatic rings. The predicted octanol–water partition coefficient (Wildman–Crippen LogP) is 1.84. The molecule has 0 amide bonds. The quantitative estimate of drug-likeness (QED) is 0.828. The Labute approximate surface area is 103 Å². The van der Waals surface area contributed by atoms with E-state index in [0.717, 1.165) is 0 Å². The van der Waals surface area contributed by atoms with Crippen LogP contribution >= 0.6 is 23.2 Å². The Bertz CT molecular complexity index is 349. The molecule has 1 aromatic heterocycles. The van der Waals surface area contributed by atoms with Crippen molar-refractivity contribution >= 4 is 23.2 Å². The summed E-state index contributed by atoms with van der Waals surface area (Å²) < 4.78 is 10.6. The zero-order valence-electron chi connectivity index (χ0n) is 8.40. The summed E-state index contributed by atoms with van der Waals surface area (Å²) in [6.45, 7) is 1.40. The van der Waals surface area contributed by atoms with E-state index in [1.165, 1.54) is 0 Å². The number of pyridine rings is 1. The molecule has 2 heterocycles. The second kappa shape index (κ2) is 5.29. The highest BCUT2D eigenvalue weighted by Gasteiger charge is 2.25. The summed E-state index contributed by atoms with van der Waals surface area (Å²) >= 11 is 11.5. The largest absolute Gasteiger partial charge is 0.386 e. The van der Waals surface area contributed by atoms with E-state index in [1.807, 2.05) is 0 Å². The van der Waals surface area contributed by atoms with Crippen molar-refractivity contribution in [1.29, 1.82) is 0 Å². The minimum absolute atomic E-state index is 0.248. The highest BCUT2D eigenvalue weighted by molar-refractivity contribution is 6.32. The van der Waals surface area contributed by atoms with Gasteiger partial charge in [0.05, 0.1) is 19.8 Å². The van der Waals surface area contributed by atoms with Crippen LogP contribution in [0.2, 0.25) is 10.3 Å². The minimum atomic E-state index is -0.807. The van der Waals surface area contributed by atoms with Crippen molar-refractivity contribution in [1.82, 2.24) is 4.98 Å². The Kier molecular flexibility index (Phi) is 4.00. The van der Waals surface area contributed by atoms with Gasteiger partial charge in [-0.05, 0) is 17.7 Å². The number of nitrogens with zero attached hydrogens (tertiary/aromatic N) is 1. The monoisotopic (exact) mass is 263 g/mol. The number of halogens is 2. The lowest BCUT2D eigenvalue weighted by Gasteiger charge is -2.27. The van der Waals surface area contributed by atoms with E-state index >= 15 is 0 Å². The average Bonchev–Trinajstić information content (AvgIpc) is 2.28. The molecule has 1 aromatic rings. The van der Waals surface area contributed by atoms with Gasteiger partial charge in [-0.25, -0.2) is 4.98 Å². The third-order valence-corrected chi connectivity index (χ3v) is 2.71. The summed E-state index contributed by atoms with van der Waals surface area (Å²) in [5.74, 6) is 0. The Morgan fingerprint density at radius 3 is 2.56 bits per heavy atom. The number of hydrogen-bond acceptors (Lipinski definition) is 4. The van der Waals surface area contributed by atoms with E-state index < -0.39 is 6.10 Å². The Morgan fingerprint density at radius 2 is 2.00 bits per heavy atom. The van der Waals surface area contributed by atoms with Crippen molar-refractivity contribution in [2.24, 2.45) is 0 Å². The van der Waals surface area contributed by atoms with Crippen molar-refractivity contribution in [3.63, 3.8) is 0 Å². The molecule has 1 fully saturated rings. The molecule has 0 spiro atoms. The fourth-order valence-electron chi connectivity index (χ4n) is 1.56. The molecule has 2 rings (SSSR count). The standard InChI is InChI=1S/C10H11Cl2NO3/c11-8-3-6(4-9(12)13-8)10(14)7-5-15-1-2-16-7/h3-4,7,10,14H,1-2,5H2. The number of ether oxygens (including phenoxy) is 2. The van der Waals surface area contributed by atoms with Gasteiger partial charge in [-0.2, -0.15) is 0 Å². The van der Waals surface area contributed by atoms with Gasteiger partial charge < -0.3 is 14.6 Å². The van der Waals surface area contributed by atoms with Crippen LogP contribution in [0.15, 0.2) is 12.1 Å². The average molecular weight is 264 g/mol. The molecule has 1 saturated heterocycles. The molecule has 0 aliphatic carbocycles. The third-order valence-electron chi connectivity index (χ3n) is 2.32. The molecule has 0 radical (unpaired) electrons. The number of aromatic nitrogens is 1. The van der Waals surface area contributed by atoms with Gasteiger partial charge in [-0.15, -0.1) is 0 Å². The molecule has 1 N–H and O–H groups in total. The number of rotatable bonds is 2. The van der Waals surface area contributed by atoms with Gasteiger partial charge >= 0.3 is 0 Å². The topological polar surface area (TPSA) is 51.6 Å². The Balaban J connectivity index is 2.15. The van der Waals surface area contributed by atoms with Gasteiger partial charge in [0.25, 0.3) is 0 Å². The van der Waals surface area contributed by atoms with Crippen molar-refractivity contribution < 1.29 is 14.6 Å². The van der Waals surface area contributed by atoms with Crippen LogP contribution in [0.5, 0.6) is 0 Å². The molecular formula is C10H11Cl2NO3. The van der Waals surface area contributed by atoms with Crippen LogP contribution in [-0.4, -0.2) is 36.0 Å². The zero-order valence-corrected chi connectivity index (χ0v) is 9.91. The first kappa shape index (κ1) is 12.1. The molecular weight excluding hydrogens is 253 g/mol. The number of aliphatic hydroxyl groups excluding tert-OH is 1. The van der Waals surface area contributed by atoms with Crippen molar-refractivity contribution in [3.05, 3.63) is 28.0 Å². The highest BCUT2D eigenvalue weighted by Crippen LogP contribution is 2.25. The maximum atomic E-state index is 10.0. The number of aliphatic hydroxyl groups is 1. The summed E-state index contributed by atoms with van der Waals surface area (Å²) in [6, 6.07) is 3.13. The van der Waals surface area contributed by atoms with Gasteiger partial charge in [-0.3, -0.25) is 0 Å². The molecule has 2 atom stereocenters. The lowest BCUT2D eigenvalue weighted by molar-refractivity contribution is -0.133. The van der Waals surface area contributed by atoms with Gasteiger partial charge in [0, 0.05) is 0 Å². The molecule has 4 nitrogen and oxygen atoms in total. The fourth-order valence-corrected chi connectivity index (χ4v) is 2.03. The molecule has 6 heteroatoms. The van der Waals surface area contributed by atoms with Crippen LogP contribution in [0.1, 0.15) is 11.7 Å². The van der Waals surface area contributed by atoms with Crippen LogP contribution in [0.4, 0.5) is 0 Å². The Hall–Kier alpha value is -0.390. The SMILES string of the molecule is OC(c1cc(Cl)nc(Cl)c1)C1COCCO1. The van der Waals surface area contributed by atoms with Crippen LogP contribution in [-0.2, 0) is 9.47 Å². The molecule has 16 heavy (non-hydrogen) atoms. The second-order valence-corrected chi connectivity index (χ2v) is 4.25. The van der Waals surface area contributed by atoms with Gasteiger partial charge in [0.1, 0.15) is 22.5 Å². The van der Waals surface area contributed by atoms with Crippen LogP contribution in [0.25, 0.3) is 0 Å². The maximum Gasteiger partial charge on any atom is 0.131 e. The van der Waals surface area contributed by atoms with E-state index in [1.54, 1.807) is 12.1 Å². The summed E-state index contributed by atoms with van der Waals surface area (Å²) in [7, 11) is 0. The number of hydrogen-bond donors (Lipinski definition) is 1. The molecule has 0 bridgehead atoms. The van der Waals surface area contributed by atoms with Crippen molar-refractivity contribution in [3.8, 4) is 0 Å². The highest BCUT2D eigenvalue weighted by atomic mass is 35.5. The second-order valence-electron chi connectivity index (χ2n) is 3.47. The van der Waals surface area contributed by atoms with E-state index in [9.17, 15) is 5.11 Å². The van der Waals surface area contributed by atoms with Crippen LogP contribution in [0, 0.1) is 0 Å². The summed E-state index contributed by atoms with van der Waals surface area (Å²) in [6.07, 6.45) is -1.19. The smallest absolute Gasteiger partial charge is 0.131 e. The van der Waals surface area contributed by atoms with Gasteiger partial charge in [-0.1, -0.05) is 23.2 Å².